The van der Waals surface area contributed by atoms with Crippen LogP contribution in [0.4, 0.5) is 0 Å². The van der Waals surface area contributed by atoms with Gasteiger partial charge in [-0.3, -0.25) is 4.98 Å². The third-order valence-electron chi connectivity index (χ3n) is 7.25. The van der Waals surface area contributed by atoms with E-state index in [1.165, 1.54) is 92.2 Å². The fourth-order valence-electron chi connectivity index (χ4n) is 4.72. The van der Waals surface area contributed by atoms with Crippen molar-refractivity contribution in [3.05, 3.63) is 83.7 Å². The van der Waals surface area contributed by atoms with Gasteiger partial charge in [-0.25, -0.2) is 0 Å². The summed E-state index contributed by atoms with van der Waals surface area (Å²) in [5.74, 6) is 1.30. The highest BCUT2D eigenvalue weighted by atomic mass is 16.5. The summed E-state index contributed by atoms with van der Waals surface area (Å²) in [5, 5.41) is 0. The summed E-state index contributed by atoms with van der Waals surface area (Å²) in [6.45, 7) is 7.61. The van der Waals surface area contributed by atoms with Gasteiger partial charge >= 0.3 is 0 Å². The zero-order chi connectivity index (χ0) is 25.4. The van der Waals surface area contributed by atoms with Gasteiger partial charge in [-0.05, 0) is 59.7 Å². The van der Waals surface area contributed by atoms with E-state index in [-0.39, 0.29) is 0 Å². The van der Waals surface area contributed by atoms with Gasteiger partial charge in [0.25, 0.3) is 0 Å². The molecule has 36 heavy (non-hydrogen) atoms. The van der Waals surface area contributed by atoms with Crippen LogP contribution in [0.3, 0.4) is 0 Å². The third kappa shape index (κ3) is 9.45. The predicted molar refractivity (Wildman–Crippen MR) is 155 cm³/mol. The molecular formula is C34H47NO. The second kappa shape index (κ2) is 16.2. The number of ether oxygens (including phenoxy) is 1. The van der Waals surface area contributed by atoms with Crippen LogP contribution < -0.4 is 4.74 Å². The molecule has 194 valence electrons. The molecule has 0 saturated carbocycles. The van der Waals surface area contributed by atoms with E-state index in [0.717, 1.165) is 25.2 Å². The fraction of sp³-hybridized carbons (Fsp3) is 0.500. The Bertz CT molecular complexity index is 960. The van der Waals surface area contributed by atoms with Crippen molar-refractivity contribution in [1.29, 1.82) is 0 Å². The number of aryl methyl sites for hydroxylation is 1. The SMILES string of the molecule is CCCCCCCCOc1ccc(-c2ccc(C(C)c3ccc(CCCCCCC)nc3)cc2)cc1. The Balaban J connectivity index is 1.46. The molecule has 0 amide bonds. The van der Waals surface area contributed by atoms with Crippen molar-refractivity contribution >= 4 is 0 Å². The second-order valence-corrected chi connectivity index (χ2v) is 10.2. The molecule has 0 spiro atoms. The highest BCUT2D eigenvalue weighted by Gasteiger charge is 2.10. The molecule has 0 fully saturated rings. The predicted octanol–water partition coefficient (Wildman–Crippen LogP) is 10.2. The first-order valence-corrected chi connectivity index (χ1v) is 14.5. The van der Waals surface area contributed by atoms with Crippen molar-refractivity contribution in [2.24, 2.45) is 0 Å². The highest BCUT2D eigenvalue weighted by Crippen LogP contribution is 2.28. The van der Waals surface area contributed by atoms with Gasteiger partial charge < -0.3 is 4.74 Å². The minimum Gasteiger partial charge on any atom is -0.494 e. The zero-order valence-corrected chi connectivity index (χ0v) is 23.0. The number of nitrogens with zero attached hydrogens (tertiary/aromatic N) is 1. The molecule has 3 rings (SSSR count). The van der Waals surface area contributed by atoms with Crippen molar-refractivity contribution in [3.63, 3.8) is 0 Å². The molecule has 0 N–H and O–H groups in total. The van der Waals surface area contributed by atoms with E-state index in [0.29, 0.717) is 5.92 Å². The second-order valence-electron chi connectivity index (χ2n) is 10.2. The van der Waals surface area contributed by atoms with Crippen LogP contribution in [0.15, 0.2) is 66.9 Å². The highest BCUT2D eigenvalue weighted by molar-refractivity contribution is 5.64. The minimum absolute atomic E-state index is 0.336. The average Bonchev–Trinajstić information content (AvgIpc) is 2.93. The van der Waals surface area contributed by atoms with Crippen molar-refractivity contribution < 1.29 is 4.74 Å². The molecule has 0 saturated heterocycles. The van der Waals surface area contributed by atoms with Gasteiger partial charge in [0.15, 0.2) is 0 Å². The summed E-state index contributed by atoms with van der Waals surface area (Å²) in [4.78, 5) is 4.75. The zero-order valence-electron chi connectivity index (χ0n) is 23.0. The lowest BCUT2D eigenvalue weighted by atomic mass is 9.92. The number of benzene rings is 2. The molecule has 2 aromatic carbocycles. The molecule has 1 unspecified atom stereocenters. The number of pyridine rings is 1. The first kappa shape index (κ1) is 28.0. The summed E-state index contributed by atoms with van der Waals surface area (Å²) in [7, 11) is 0. The lowest BCUT2D eigenvalue weighted by Crippen LogP contribution is -1.99. The molecule has 2 heteroatoms. The Labute approximate surface area is 220 Å². The summed E-state index contributed by atoms with van der Waals surface area (Å²) in [5.41, 5.74) is 6.30. The summed E-state index contributed by atoms with van der Waals surface area (Å²) in [6.07, 6.45) is 17.5. The van der Waals surface area contributed by atoms with Crippen molar-refractivity contribution in [3.8, 4) is 16.9 Å². The van der Waals surface area contributed by atoms with Crippen LogP contribution >= 0.6 is 0 Å². The lowest BCUT2D eigenvalue weighted by Gasteiger charge is -2.14. The maximum Gasteiger partial charge on any atom is 0.119 e. The number of aromatic nitrogens is 1. The molecule has 0 aliphatic rings. The van der Waals surface area contributed by atoms with Crippen LogP contribution in [0, 0.1) is 0 Å². The maximum atomic E-state index is 5.94. The quantitative estimate of drug-likeness (QED) is 0.177. The Morgan fingerprint density at radius 2 is 1.17 bits per heavy atom. The van der Waals surface area contributed by atoms with E-state index in [1.54, 1.807) is 0 Å². The van der Waals surface area contributed by atoms with Gasteiger partial charge in [-0.1, -0.05) is 121 Å². The van der Waals surface area contributed by atoms with Gasteiger partial charge in [0, 0.05) is 17.8 Å². The Hall–Kier alpha value is -2.61. The first-order chi connectivity index (χ1) is 17.7. The molecule has 3 aromatic rings. The smallest absolute Gasteiger partial charge is 0.119 e. The molecule has 0 radical (unpaired) electrons. The average molecular weight is 486 g/mol. The van der Waals surface area contributed by atoms with E-state index in [9.17, 15) is 0 Å². The normalized spacial score (nSPS) is 12.0. The van der Waals surface area contributed by atoms with Gasteiger partial charge in [0.2, 0.25) is 0 Å². The van der Waals surface area contributed by atoms with Crippen LogP contribution in [-0.4, -0.2) is 11.6 Å². The van der Waals surface area contributed by atoms with E-state index in [4.69, 9.17) is 9.72 Å². The van der Waals surface area contributed by atoms with Crippen LogP contribution in [0.1, 0.15) is 114 Å². The topological polar surface area (TPSA) is 22.1 Å². The van der Waals surface area contributed by atoms with Gasteiger partial charge in [0.05, 0.1) is 6.61 Å². The third-order valence-corrected chi connectivity index (χ3v) is 7.25. The van der Waals surface area contributed by atoms with E-state index < -0.39 is 0 Å². The van der Waals surface area contributed by atoms with Crippen LogP contribution in [0.25, 0.3) is 11.1 Å². The van der Waals surface area contributed by atoms with Crippen molar-refractivity contribution in [1.82, 2.24) is 4.98 Å². The Morgan fingerprint density at radius 1 is 0.611 bits per heavy atom. The molecule has 0 aliphatic carbocycles. The fourth-order valence-corrected chi connectivity index (χ4v) is 4.72. The van der Waals surface area contributed by atoms with Gasteiger partial charge in [-0.15, -0.1) is 0 Å². The molecule has 1 aromatic heterocycles. The Kier molecular flexibility index (Phi) is 12.6. The molecule has 1 heterocycles. The van der Waals surface area contributed by atoms with Crippen molar-refractivity contribution in [2.45, 2.75) is 104 Å². The van der Waals surface area contributed by atoms with Crippen LogP contribution in [0.2, 0.25) is 0 Å². The van der Waals surface area contributed by atoms with Gasteiger partial charge in [-0.2, -0.15) is 0 Å². The molecule has 1 atom stereocenters. The molecule has 2 nitrogen and oxygen atoms in total. The maximum absolute atomic E-state index is 5.94. The molecule has 0 bridgehead atoms. The van der Waals surface area contributed by atoms with E-state index >= 15 is 0 Å². The summed E-state index contributed by atoms with van der Waals surface area (Å²) >= 11 is 0. The van der Waals surface area contributed by atoms with Gasteiger partial charge in [0.1, 0.15) is 5.75 Å². The molecule has 0 aliphatic heterocycles. The van der Waals surface area contributed by atoms with Crippen LogP contribution in [-0.2, 0) is 6.42 Å². The lowest BCUT2D eigenvalue weighted by molar-refractivity contribution is 0.304. The first-order valence-electron chi connectivity index (χ1n) is 14.5. The standard InChI is InChI=1S/C34H47NO/c1-4-6-8-10-12-14-26-36-34-24-21-31(22-25-34)30-18-16-29(17-19-30)28(3)32-20-23-33(35-27-32)15-13-11-9-7-5-2/h16-25,27-28H,4-15,26H2,1-3H3. The summed E-state index contributed by atoms with van der Waals surface area (Å²) in [6, 6.07) is 22.0. The monoisotopic (exact) mass is 485 g/mol. The number of hydrogen-bond donors (Lipinski definition) is 0. The largest absolute Gasteiger partial charge is 0.494 e. The summed E-state index contributed by atoms with van der Waals surface area (Å²) < 4.78 is 5.94. The Morgan fingerprint density at radius 3 is 1.78 bits per heavy atom. The minimum atomic E-state index is 0.336. The number of hydrogen-bond acceptors (Lipinski definition) is 2. The van der Waals surface area contributed by atoms with Crippen molar-refractivity contribution in [2.75, 3.05) is 6.61 Å². The molecular weight excluding hydrogens is 438 g/mol. The number of unbranched alkanes of at least 4 members (excludes halogenated alkanes) is 9. The van der Waals surface area contributed by atoms with E-state index in [1.807, 2.05) is 0 Å². The van der Waals surface area contributed by atoms with E-state index in [2.05, 4.69) is 87.6 Å². The number of rotatable bonds is 17. The van der Waals surface area contributed by atoms with Crippen LogP contribution in [0.5, 0.6) is 5.75 Å².